The molecule has 9 nitrogen and oxygen atoms in total. The molecule has 1 unspecified atom stereocenters. The molecule has 10 heteroatoms. The molecule has 2 saturated heterocycles. The first-order valence-corrected chi connectivity index (χ1v) is 14.4. The van der Waals surface area contributed by atoms with Crippen molar-refractivity contribution in [2.24, 2.45) is 11.8 Å². The van der Waals surface area contributed by atoms with Crippen molar-refractivity contribution in [3.63, 3.8) is 0 Å². The number of sulfone groups is 1. The van der Waals surface area contributed by atoms with E-state index in [1.165, 1.54) is 6.92 Å². The summed E-state index contributed by atoms with van der Waals surface area (Å²) >= 11 is 0. The van der Waals surface area contributed by atoms with E-state index < -0.39 is 27.2 Å². The number of carbonyl (C=O) groups is 3. The third-order valence-corrected chi connectivity index (χ3v) is 10.6. The molecule has 194 valence electrons. The van der Waals surface area contributed by atoms with Gasteiger partial charge in [-0.1, -0.05) is 12.5 Å². The lowest BCUT2D eigenvalue weighted by molar-refractivity contribution is -0.130. The number of ketones is 1. The Morgan fingerprint density at radius 2 is 2.00 bits per heavy atom. The van der Waals surface area contributed by atoms with Gasteiger partial charge in [-0.25, -0.2) is 8.42 Å². The molecule has 3 fully saturated rings. The minimum absolute atomic E-state index is 0.0238. The number of nitrogens with zero attached hydrogens (tertiary/aromatic N) is 1. The number of carbonyl (C=O) groups excluding carboxylic acids is 3. The number of amides is 2. The normalized spacial score (nSPS) is 27.7. The highest BCUT2D eigenvalue weighted by molar-refractivity contribution is 7.92. The fourth-order valence-corrected chi connectivity index (χ4v) is 8.31. The van der Waals surface area contributed by atoms with Gasteiger partial charge < -0.3 is 19.9 Å². The van der Waals surface area contributed by atoms with Crippen LogP contribution in [0.15, 0.2) is 24.3 Å². The highest BCUT2D eigenvalue weighted by atomic mass is 32.2. The number of nitrogens with one attached hydrogen (secondary N) is 2. The lowest BCUT2D eigenvalue weighted by Crippen LogP contribution is -2.53. The molecule has 0 radical (unpaired) electrons. The number of hydrogen-bond donors (Lipinski definition) is 2. The molecule has 2 aromatic rings. The van der Waals surface area contributed by atoms with Crippen molar-refractivity contribution in [3.8, 4) is 5.75 Å². The molecule has 1 aliphatic carbocycles. The van der Waals surface area contributed by atoms with E-state index in [-0.39, 0.29) is 41.6 Å². The van der Waals surface area contributed by atoms with E-state index in [1.807, 2.05) is 18.2 Å². The highest BCUT2D eigenvalue weighted by Crippen LogP contribution is 2.43. The summed E-state index contributed by atoms with van der Waals surface area (Å²) in [7, 11) is -1.67. The third kappa shape index (κ3) is 4.40. The van der Waals surface area contributed by atoms with Gasteiger partial charge in [-0.15, -0.1) is 0 Å². The Kier molecular flexibility index (Phi) is 6.57. The summed E-state index contributed by atoms with van der Waals surface area (Å²) in [6.07, 6.45) is 3.96. The van der Waals surface area contributed by atoms with E-state index in [2.05, 4.69) is 10.3 Å². The number of methoxy groups -OCH3 is 1. The molecule has 1 aromatic heterocycles. The molecule has 2 amide bonds. The maximum atomic E-state index is 13.7. The quantitative estimate of drug-likeness (QED) is 0.584. The van der Waals surface area contributed by atoms with Gasteiger partial charge in [0, 0.05) is 17.4 Å². The van der Waals surface area contributed by atoms with Crippen LogP contribution >= 0.6 is 0 Å². The van der Waals surface area contributed by atoms with Gasteiger partial charge in [-0.05, 0) is 69.1 Å². The molecule has 2 aliphatic heterocycles. The topological polar surface area (TPSA) is 126 Å². The second-order valence-electron chi connectivity index (χ2n) is 10.4. The zero-order valence-corrected chi connectivity index (χ0v) is 21.5. The molecule has 0 spiro atoms. The number of aromatic amines is 1. The second-order valence-corrected chi connectivity index (χ2v) is 12.8. The minimum atomic E-state index is -3.25. The molecule has 1 aromatic carbocycles. The minimum Gasteiger partial charge on any atom is -0.496 e. The van der Waals surface area contributed by atoms with Gasteiger partial charge in [-0.3, -0.25) is 14.4 Å². The van der Waals surface area contributed by atoms with Crippen molar-refractivity contribution in [2.75, 3.05) is 19.4 Å². The highest BCUT2D eigenvalue weighted by Gasteiger charge is 2.50. The van der Waals surface area contributed by atoms with Crippen LogP contribution in [0, 0.1) is 11.8 Å². The third-order valence-electron chi connectivity index (χ3n) is 8.26. The van der Waals surface area contributed by atoms with E-state index in [1.54, 1.807) is 18.1 Å². The molecule has 2 N–H and O–H groups in total. The summed E-state index contributed by atoms with van der Waals surface area (Å²) in [5, 5.41) is 3.01. The first-order chi connectivity index (χ1) is 17.2. The first-order valence-electron chi connectivity index (χ1n) is 12.7. The van der Waals surface area contributed by atoms with Crippen LogP contribution in [0.3, 0.4) is 0 Å². The van der Waals surface area contributed by atoms with Crippen LogP contribution in [0.2, 0.25) is 0 Å². The van der Waals surface area contributed by atoms with E-state index in [4.69, 9.17) is 4.74 Å². The van der Waals surface area contributed by atoms with Gasteiger partial charge >= 0.3 is 0 Å². The number of benzene rings is 1. The largest absolute Gasteiger partial charge is 0.496 e. The molecular formula is C26H33N3O6S. The van der Waals surface area contributed by atoms with Crippen LogP contribution in [-0.2, 0) is 19.4 Å². The van der Waals surface area contributed by atoms with Gasteiger partial charge in [0.15, 0.2) is 15.6 Å². The predicted molar refractivity (Wildman–Crippen MR) is 135 cm³/mol. The van der Waals surface area contributed by atoms with Crippen molar-refractivity contribution >= 4 is 38.3 Å². The lowest BCUT2D eigenvalue weighted by atomic mass is 9.93. The monoisotopic (exact) mass is 515 g/mol. The van der Waals surface area contributed by atoms with E-state index in [9.17, 15) is 22.8 Å². The number of hydrogen-bond acceptors (Lipinski definition) is 6. The molecule has 0 bridgehead atoms. The van der Waals surface area contributed by atoms with E-state index >= 15 is 0 Å². The number of Topliss-reactive ketones (excluding diaryl/α,β-unsaturated/α-hetero) is 1. The maximum Gasteiger partial charge on any atom is 0.271 e. The Labute approximate surface area is 210 Å². The fraction of sp³-hybridized carbons (Fsp3) is 0.577. The average molecular weight is 516 g/mol. The number of aromatic nitrogens is 1. The Morgan fingerprint density at radius 3 is 2.69 bits per heavy atom. The standard InChI is InChI=1S/C26H33N3O6S/c1-15(30)21(12-17-7-5-11-36(17,33)34)28-25(31)24-18-8-3-6-16(18)14-29(24)26(32)22-13-19-20(27-22)9-4-10-23(19)35-2/h4,9-10,13,16-18,21,24,27H,3,5-8,11-12,14H2,1-2H3,(H,28,31)/t16-,17?,18-,21-,24-/m0/s1. The summed E-state index contributed by atoms with van der Waals surface area (Å²) in [5.41, 5.74) is 1.15. The van der Waals surface area contributed by atoms with E-state index in [0.717, 1.165) is 30.2 Å². The summed E-state index contributed by atoms with van der Waals surface area (Å²) in [5.74, 6) is 0.127. The van der Waals surface area contributed by atoms with Crippen LogP contribution in [-0.4, -0.2) is 72.6 Å². The van der Waals surface area contributed by atoms with Crippen LogP contribution < -0.4 is 10.1 Å². The van der Waals surface area contributed by atoms with Crippen molar-refractivity contribution < 1.29 is 27.5 Å². The Bertz CT molecular complexity index is 1300. The predicted octanol–water partition coefficient (Wildman–Crippen LogP) is 2.46. The number of fused-ring (bicyclic) bond motifs is 2. The van der Waals surface area contributed by atoms with Crippen molar-refractivity contribution in [1.29, 1.82) is 0 Å². The Hall–Kier alpha value is -2.88. The number of H-pyrrole nitrogens is 1. The van der Waals surface area contributed by atoms with Crippen LogP contribution in [0.25, 0.3) is 10.9 Å². The molecule has 3 heterocycles. The van der Waals surface area contributed by atoms with Crippen LogP contribution in [0.1, 0.15) is 55.9 Å². The van der Waals surface area contributed by atoms with Crippen molar-refractivity contribution in [2.45, 2.75) is 62.8 Å². The molecule has 1 saturated carbocycles. The van der Waals surface area contributed by atoms with Gasteiger partial charge in [-0.2, -0.15) is 0 Å². The number of ether oxygens (including phenoxy) is 1. The first kappa shape index (κ1) is 24.8. The van der Waals surface area contributed by atoms with Gasteiger partial charge in [0.1, 0.15) is 17.5 Å². The number of likely N-dealkylation sites (tertiary alicyclic amines) is 1. The van der Waals surface area contributed by atoms with Crippen LogP contribution in [0.5, 0.6) is 5.75 Å². The van der Waals surface area contributed by atoms with Crippen molar-refractivity contribution in [1.82, 2.24) is 15.2 Å². The van der Waals surface area contributed by atoms with Crippen molar-refractivity contribution in [3.05, 3.63) is 30.0 Å². The average Bonchev–Trinajstić information content (AvgIpc) is 3.60. The molecule has 36 heavy (non-hydrogen) atoms. The SMILES string of the molecule is COc1cccc2[nH]c(C(=O)N3C[C@@H]4CCC[C@@H]4[C@H]3C(=O)N[C@@H](CC3CCCS3(=O)=O)C(C)=O)cc12. The van der Waals surface area contributed by atoms with Gasteiger partial charge in [0.2, 0.25) is 5.91 Å². The molecule has 5 atom stereocenters. The Morgan fingerprint density at radius 1 is 1.19 bits per heavy atom. The molecule has 5 rings (SSSR count). The zero-order chi connectivity index (χ0) is 25.6. The summed E-state index contributed by atoms with van der Waals surface area (Å²) < 4.78 is 30.1. The molecular weight excluding hydrogens is 482 g/mol. The van der Waals surface area contributed by atoms with E-state index in [0.29, 0.717) is 30.8 Å². The van der Waals surface area contributed by atoms with Gasteiger partial charge in [0.25, 0.3) is 5.91 Å². The smallest absolute Gasteiger partial charge is 0.271 e. The Balaban J connectivity index is 1.39. The zero-order valence-electron chi connectivity index (χ0n) is 20.7. The summed E-state index contributed by atoms with van der Waals surface area (Å²) in [6, 6.07) is 5.71. The number of rotatable bonds is 7. The fourth-order valence-electron chi connectivity index (χ4n) is 6.40. The molecule has 3 aliphatic rings. The summed E-state index contributed by atoms with van der Waals surface area (Å²) in [6.45, 7) is 1.86. The lowest BCUT2D eigenvalue weighted by Gasteiger charge is -2.29. The van der Waals surface area contributed by atoms with Crippen LogP contribution in [0.4, 0.5) is 0 Å². The van der Waals surface area contributed by atoms with Gasteiger partial charge in [0.05, 0.1) is 24.2 Å². The summed E-state index contributed by atoms with van der Waals surface area (Å²) in [4.78, 5) is 44.5. The maximum absolute atomic E-state index is 13.7. The second kappa shape index (κ2) is 9.53.